The predicted octanol–water partition coefficient (Wildman–Crippen LogP) is -0.450. The summed E-state index contributed by atoms with van der Waals surface area (Å²) < 4.78 is 5.91. The van der Waals surface area contributed by atoms with Gasteiger partial charge in [0.05, 0.1) is 0 Å². The Balaban J connectivity index is 3.19. The van der Waals surface area contributed by atoms with E-state index >= 15 is 0 Å². The normalized spacial score (nSPS) is 9.88. The van der Waals surface area contributed by atoms with Crippen LogP contribution in [0.3, 0.4) is 0 Å². The number of aromatic nitrogens is 1. The van der Waals surface area contributed by atoms with Crippen LogP contribution in [0.5, 0.6) is 0 Å². The minimum atomic E-state index is 0.935. The number of nitrogens with zero attached hydrogens (tertiary/aromatic N) is 1. The fourth-order valence-corrected chi connectivity index (χ4v) is 0.972. The molecule has 0 amide bonds. The summed E-state index contributed by atoms with van der Waals surface area (Å²) in [6.07, 6.45) is 0. The van der Waals surface area contributed by atoms with Gasteiger partial charge in [0, 0.05) is 0 Å². The fourth-order valence-electron chi connectivity index (χ4n) is 0.435. The molecular formula is C5H8AsNO. The molecule has 44 valence electrons. The van der Waals surface area contributed by atoms with Gasteiger partial charge >= 0.3 is 56.2 Å². The van der Waals surface area contributed by atoms with E-state index in [9.17, 15) is 0 Å². The number of rotatable bonds is 0. The molecule has 0 aromatic carbocycles. The third-order valence-corrected chi connectivity index (χ3v) is 2.32. The Morgan fingerprint density at radius 2 is 2.12 bits per heavy atom. The Bertz CT molecular complexity index is 175. The van der Waals surface area contributed by atoms with Gasteiger partial charge in [-0.05, 0) is 0 Å². The topological polar surface area (TPSA) is 26.0 Å². The zero-order valence-corrected chi connectivity index (χ0v) is 7.36. The average molecular weight is 173 g/mol. The summed E-state index contributed by atoms with van der Waals surface area (Å²) in [5, 5.41) is 3.77. The van der Waals surface area contributed by atoms with Crippen LogP contribution in [-0.4, -0.2) is 22.0 Å². The molecule has 3 heteroatoms. The van der Waals surface area contributed by atoms with Crippen molar-refractivity contribution < 1.29 is 4.52 Å². The van der Waals surface area contributed by atoms with E-state index in [1.165, 1.54) is 22.4 Å². The summed E-state index contributed by atoms with van der Waals surface area (Å²) in [7, 11) is 0. The van der Waals surface area contributed by atoms with E-state index in [4.69, 9.17) is 4.52 Å². The Morgan fingerprint density at radius 1 is 1.50 bits per heavy atom. The first-order valence-electron chi connectivity index (χ1n) is 2.40. The van der Waals surface area contributed by atoms with E-state index in [1.54, 1.807) is 0 Å². The van der Waals surface area contributed by atoms with Crippen molar-refractivity contribution in [2.75, 3.05) is 0 Å². The maximum atomic E-state index is 4.86. The van der Waals surface area contributed by atoms with E-state index in [1.807, 2.05) is 13.8 Å². The van der Waals surface area contributed by atoms with Crippen LogP contribution in [0.1, 0.15) is 11.3 Å². The van der Waals surface area contributed by atoms with Crippen molar-refractivity contribution >= 4 is 21.3 Å². The Kier molecular flexibility index (Phi) is 1.43. The van der Waals surface area contributed by atoms with Gasteiger partial charge in [0.2, 0.25) is 0 Å². The van der Waals surface area contributed by atoms with Gasteiger partial charge < -0.3 is 0 Å². The zero-order valence-electron chi connectivity index (χ0n) is 4.93. The Labute approximate surface area is 56.7 Å². The third kappa shape index (κ3) is 0.805. The molecule has 1 aromatic rings. The molecule has 0 N–H and O–H groups in total. The number of hydrogen-bond donors (Lipinski definition) is 0. The van der Waals surface area contributed by atoms with Crippen molar-refractivity contribution in [3.05, 3.63) is 11.3 Å². The molecule has 1 heterocycles. The molecule has 0 aliphatic heterocycles. The molecule has 0 spiro atoms. The maximum absolute atomic E-state index is 4.86. The average Bonchev–Trinajstić information content (AvgIpc) is 1.98. The Morgan fingerprint density at radius 3 is 2.25 bits per heavy atom. The van der Waals surface area contributed by atoms with E-state index in [0.717, 1.165) is 10.2 Å². The summed E-state index contributed by atoms with van der Waals surface area (Å²) in [6.45, 7) is 3.94. The molecule has 1 rings (SSSR count). The van der Waals surface area contributed by atoms with Crippen LogP contribution in [0, 0.1) is 13.8 Å². The van der Waals surface area contributed by atoms with Gasteiger partial charge in [-0.2, -0.15) is 0 Å². The molecule has 1 unspecified atom stereocenters. The predicted molar refractivity (Wildman–Crippen MR) is 34.2 cm³/mol. The van der Waals surface area contributed by atoms with Crippen LogP contribution in [-0.2, 0) is 0 Å². The summed E-state index contributed by atoms with van der Waals surface area (Å²) >= 11 is 1.51. The van der Waals surface area contributed by atoms with E-state index in [-0.39, 0.29) is 0 Å². The summed E-state index contributed by atoms with van der Waals surface area (Å²) in [6, 6.07) is 0. The van der Waals surface area contributed by atoms with Crippen LogP contribution in [0.25, 0.3) is 0 Å². The van der Waals surface area contributed by atoms with Crippen LogP contribution < -0.4 is 4.48 Å². The van der Waals surface area contributed by atoms with Gasteiger partial charge in [-0.3, -0.25) is 0 Å². The molecule has 0 aliphatic carbocycles. The molecule has 0 saturated heterocycles. The van der Waals surface area contributed by atoms with Crippen molar-refractivity contribution in [1.29, 1.82) is 0 Å². The molecule has 1 atom stereocenters. The first-order chi connectivity index (χ1) is 3.72. The molecule has 2 nitrogen and oxygen atoms in total. The van der Waals surface area contributed by atoms with Gasteiger partial charge in [-0.25, -0.2) is 0 Å². The van der Waals surface area contributed by atoms with Gasteiger partial charge in [0.1, 0.15) is 0 Å². The molecule has 1 aromatic heterocycles. The molecule has 8 heavy (non-hydrogen) atoms. The van der Waals surface area contributed by atoms with Crippen molar-refractivity contribution in [3.63, 3.8) is 0 Å². The molecule has 0 aliphatic rings. The number of aryl methyl sites for hydroxylation is 1. The molecule has 0 bridgehead atoms. The van der Waals surface area contributed by atoms with Crippen LogP contribution in [0.2, 0.25) is 0 Å². The fraction of sp³-hybridized carbons (Fsp3) is 0.400. The summed E-state index contributed by atoms with van der Waals surface area (Å²) in [4.78, 5) is 0. The van der Waals surface area contributed by atoms with E-state index in [2.05, 4.69) is 5.16 Å². The number of hydrogen-bond acceptors (Lipinski definition) is 2. The second-order valence-corrected chi connectivity index (χ2v) is 2.90. The Hall–Kier alpha value is -0.232. The SMILES string of the molecule is Cc1onc([AsH2])c1C. The summed E-state index contributed by atoms with van der Waals surface area (Å²) in [5.74, 6) is 0.935. The van der Waals surface area contributed by atoms with Crippen molar-refractivity contribution in [2.24, 2.45) is 0 Å². The van der Waals surface area contributed by atoms with Crippen molar-refractivity contribution in [2.45, 2.75) is 13.8 Å². The van der Waals surface area contributed by atoms with Crippen molar-refractivity contribution in [3.8, 4) is 0 Å². The van der Waals surface area contributed by atoms with Crippen molar-refractivity contribution in [1.82, 2.24) is 5.16 Å². The van der Waals surface area contributed by atoms with E-state index in [0.29, 0.717) is 0 Å². The molecule has 0 radical (unpaired) electrons. The second kappa shape index (κ2) is 1.94. The quantitative estimate of drug-likeness (QED) is 0.496. The molecular weight excluding hydrogens is 165 g/mol. The third-order valence-electron chi connectivity index (χ3n) is 1.19. The summed E-state index contributed by atoms with van der Waals surface area (Å²) in [5.41, 5.74) is 1.19. The molecule has 0 fully saturated rings. The van der Waals surface area contributed by atoms with Gasteiger partial charge in [0.15, 0.2) is 0 Å². The monoisotopic (exact) mass is 173 g/mol. The standard InChI is InChI=1S/C5H8AsNO/c1-3-4(2)8-7-5(3)6/h6H2,1-2H3. The van der Waals surface area contributed by atoms with Crippen LogP contribution in [0.4, 0.5) is 0 Å². The van der Waals surface area contributed by atoms with Gasteiger partial charge in [0.25, 0.3) is 0 Å². The van der Waals surface area contributed by atoms with Crippen LogP contribution >= 0.6 is 0 Å². The second-order valence-electron chi connectivity index (χ2n) is 1.75. The van der Waals surface area contributed by atoms with Gasteiger partial charge in [-0.15, -0.1) is 0 Å². The first kappa shape index (κ1) is 5.90. The van der Waals surface area contributed by atoms with Crippen LogP contribution in [0.15, 0.2) is 4.52 Å². The van der Waals surface area contributed by atoms with E-state index < -0.39 is 0 Å². The van der Waals surface area contributed by atoms with Gasteiger partial charge in [-0.1, -0.05) is 0 Å². The molecule has 0 saturated carbocycles. The first-order valence-corrected chi connectivity index (χ1v) is 3.61. The zero-order chi connectivity index (χ0) is 6.15. The minimum absolute atomic E-state index is 0.935.